The van der Waals surface area contributed by atoms with Crippen LogP contribution >= 0.6 is 23.2 Å². The molecule has 0 saturated carbocycles. The lowest BCUT2D eigenvalue weighted by Crippen LogP contribution is -2.52. The van der Waals surface area contributed by atoms with E-state index in [1.54, 1.807) is 18.0 Å². The summed E-state index contributed by atoms with van der Waals surface area (Å²) >= 11 is 12.5. The van der Waals surface area contributed by atoms with Crippen LogP contribution in [0.2, 0.25) is 10.0 Å². The summed E-state index contributed by atoms with van der Waals surface area (Å²) in [5.74, 6) is -0.219. The van der Waals surface area contributed by atoms with E-state index in [9.17, 15) is 18.8 Å². The van der Waals surface area contributed by atoms with E-state index in [-0.39, 0.29) is 35.0 Å². The maximum Gasteiger partial charge on any atom is 0.255 e. The second-order valence-corrected chi connectivity index (χ2v) is 18.1. The van der Waals surface area contributed by atoms with Crippen LogP contribution in [0.4, 0.5) is 15.9 Å². The van der Waals surface area contributed by atoms with Crippen molar-refractivity contribution in [2.24, 2.45) is 5.92 Å². The van der Waals surface area contributed by atoms with Gasteiger partial charge in [-0.15, -0.1) is 0 Å². The fourth-order valence-electron chi connectivity index (χ4n) is 9.34. The van der Waals surface area contributed by atoms with Crippen molar-refractivity contribution in [2.45, 2.75) is 95.9 Å². The van der Waals surface area contributed by atoms with Crippen molar-refractivity contribution >= 4 is 52.4 Å². The molecular weight excluding hydrogens is 832 g/mol. The minimum atomic E-state index is -0.658. The number of benzene rings is 2. The Bertz CT molecular complexity index is 2260. The standard InChI is InChI=1S/C46H56Cl2FN9O4/c1-29(42-36(47)11-12-37(49)43(42)48)62-40-21-31(23-52-44(40)50)32-24-53-58(27-32)33-15-19-55(20-16-33)17-6-4-2-3-5-7-18-56-25-30(26-56)22-51-38-10-8-9-34-35(38)28-57(46(34)61)39-13-14-41(59)54-45(39)60/h8-12,21,23-24,27,29-30,33,39,51H,2-7,13-20,22,25-26,28H2,1H3,(H2,50,52)(H,54,59,60). The predicted octanol–water partition coefficient (Wildman–Crippen LogP) is 7.90. The number of piperidine rings is 2. The number of nitrogens with two attached hydrogens (primary N) is 1. The summed E-state index contributed by atoms with van der Waals surface area (Å²) in [6, 6.07) is 9.98. The molecule has 4 aliphatic rings. The van der Waals surface area contributed by atoms with E-state index >= 15 is 0 Å². The summed E-state index contributed by atoms with van der Waals surface area (Å²) in [5, 5.41) is 10.9. The van der Waals surface area contributed by atoms with E-state index in [1.165, 1.54) is 50.7 Å². The molecule has 4 aromatic rings. The number of ether oxygens (including phenoxy) is 1. The lowest BCUT2D eigenvalue weighted by molar-refractivity contribution is -0.136. The second-order valence-electron chi connectivity index (χ2n) is 17.3. The first-order chi connectivity index (χ1) is 30.0. The predicted molar refractivity (Wildman–Crippen MR) is 239 cm³/mol. The van der Waals surface area contributed by atoms with Crippen molar-refractivity contribution < 1.29 is 23.5 Å². The van der Waals surface area contributed by atoms with Crippen LogP contribution in [0.1, 0.15) is 105 Å². The lowest BCUT2D eigenvalue weighted by atomic mass is 9.98. The van der Waals surface area contributed by atoms with Gasteiger partial charge in [0, 0.05) is 103 Å². The molecule has 3 fully saturated rings. The van der Waals surface area contributed by atoms with Gasteiger partial charge in [0.05, 0.1) is 17.3 Å². The van der Waals surface area contributed by atoms with Crippen molar-refractivity contribution in [3.8, 4) is 16.9 Å². The Morgan fingerprint density at radius 1 is 0.952 bits per heavy atom. The molecule has 62 heavy (non-hydrogen) atoms. The maximum atomic E-state index is 14.2. The normalized spacial score (nSPS) is 19.4. The van der Waals surface area contributed by atoms with Crippen molar-refractivity contribution in [3.63, 3.8) is 0 Å². The van der Waals surface area contributed by atoms with Gasteiger partial charge in [-0.1, -0.05) is 55.0 Å². The van der Waals surface area contributed by atoms with E-state index in [0.717, 1.165) is 81.0 Å². The largest absolute Gasteiger partial charge is 0.482 e. The maximum absolute atomic E-state index is 14.2. The van der Waals surface area contributed by atoms with Gasteiger partial charge in [-0.05, 0) is 82.4 Å². The number of carbonyl (C=O) groups is 3. The minimum absolute atomic E-state index is 0.0777. The number of likely N-dealkylation sites (tertiary alicyclic amines) is 2. The first-order valence-corrected chi connectivity index (χ1v) is 22.8. The number of rotatable bonds is 18. The molecule has 2 atom stereocenters. The minimum Gasteiger partial charge on any atom is -0.482 e. The van der Waals surface area contributed by atoms with E-state index in [2.05, 4.69) is 36.3 Å². The number of fused-ring (bicyclic) bond motifs is 1. The zero-order valence-corrected chi connectivity index (χ0v) is 36.8. The first-order valence-electron chi connectivity index (χ1n) is 22.1. The second kappa shape index (κ2) is 19.7. The number of pyridine rings is 1. The highest BCUT2D eigenvalue weighted by Gasteiger charge is 2.40. The summed E-state index contributed by atoms with van der Waals surface area (Å²) in [7, 11) is 0. The number of hydrogen-bond acceptors (Lipinski definition) is 10. The average Bonchev–Trinajstić information content (AvgIpc) is 3.87. The number of hydrogen-bond donors (Lipinski definition) is 3. The molecule has 2 unspecified atom stereocenters. The molecular formula is C46H56Cl2FN9O4. The summed E-state index contributed by atoms with van der Waals surface area (Å²) < 4.78 is 22.3. The van der Waals surface area contributed by atoms with Crippen molar-refractivity contribution in [1.82, 2.24) is 34.8 Å². The van der Waals surface area contributed by atoms with Gasteiger partial charge < -0.3 is 30.5 Å². The average molecular weight is 889 g/mol. The van der Waals surface area contributed by atoms with Crippen LogP contribution in [0.5, 0.6) is 5.75 Å². The summed E-state index contributed by atoms with van der Waals surface area (Å²) in [5.41, 5.74) is 10.8. The van der Waals surface area contributed by atoms with Crippen LogP contribution in [0, 0.1) is 11.7 Å². The number of unbranched alkanes of at least 4 members (excludes halogenated alkanes) is 5. The Morgan fingerprint density at radius 3 is 2.45 bits per heavy atom. The highest BCUT2D eigenvalue weighted by Crippen LogP contribution is 2.38. The van der Waals surface area contributed by atoms with Crippen LogP contribution in [0.15, 0.2) is 55.0 Å². The van der Waals surface area contributed by atoms with Crippen LogP contribution in [0.3, 0.4) is 0 Å². The Hall–Kier alpha value is -4.76. The molecule has 2 aromatic heterocycles. The van der Waals surface area contributed by atoms with Crippen molar-refractivity contribution in [1.29, 1.82) is 0 Å². The first kappa shape index (κ1) is 43.9. The fourth-order valence-corrected chi connectivity index (χ4v) is 10.0. The van der Waals surface area contributed by atoms with Gasteiger partial charge >= 0.3 is 0 Å². The number of imide groups is 1. The van der Waals surface area contributed by atoms with Crippen LogP contribution < -0.4 is 21.1 Å². The highest BCUT2D eigenvalue weighted by atomic mass is 35.5. The molecule has 4 N–H and O–H groups in total. The van der Waals surface area contributed by atoms with Crippen LogP contribution in [-0.4, -0.2) is 99.0 Å². The lowest BCUT2D eigenvalue weighted by Gasteiger charge is -2.39. The zero-order chi connectivity index (χ0) is 43.3. The number of carbonyl (C=O) groups excluding carboxylic acids is 3. The van der Waals surface area contributed by atoms with Crippen molar-refractivity contribution in [2.75, 3.05) is 56.9 Å². The molecule has 8 rings (SSSR count). The molecule has 330 valence electrons. The molecule has 3 amide bonds. The molecule has 0 bridgehead atoms. The summed E-state index contributed by atoms with van der Waals surface area (Å²) in [4.78, 5) is 48.3. The highest BCUT2D eigenvalue weighted by molar-refractivity contribution is 6.36. The quantitative estimate of drug-likeness (QED) is 0.0511. The Labute approximate surface area is 372 Å². The number of anilines is 2. The molecule has 16 heteroatoms. The number of aromatic nitrogens is 3. The molecule has 0 aliphatic carbocycles. The molecule has 0 spiro atoms. The van der Waals surface area contributed by atoms with E-state index < -0.39 is 18.0 Å². The fraction of sp³-hybridized carbons (Fsp3) is 0.500. The third-order valence-electron chi connectivity index (χ3n) is 12.9. The van der Waals surface area contributed by atoms with E-state index in [1.807, 2.05) is 30.5 Å². The number of nitrogen functional groups attached to an aromatic ring is 1. The molecule has 3 saturated heterocycles. The number of nitrogens with one attached hydrogen (secondary N) is 2. The molecule has 6 heterocycles. The Balaban J connectivity index is 0.675. The number of nitrogens with zero attached hydrogens (tertiary/aromatic N) is 6. The Morgan fingerprint density at radius 2 is 1.69 bits per heavy atom. The van der Waals surface area contributed by atoms with E-state index in [4.69, 9.17) is 38.8 Å². The van der Waals surface area contributed by atoms with E-state index in [0.29, 0.717) is 46.8 Å². The summed E-state index contributed by atoms with van der Waals surface area (Å²) in [6.07, 6.45) is 15.2. The third kappa shape index (κ3) is 10.0. The van der Waals surface area contributed by atoms with Gasteiger partial charge in [0.2, 0.25) is 11.8 Å². The zero-order valence-electron chi connectivity index (χ0n) is 35.3. The Kier molecular flexibility index (Phi) is 14.0. The van der Waals surface area contributed by atoms with Gasteiger partial charge in [-0.2, -0.15) is 5.10 Å². The van der Waals surface area contributed by atoms with Gasteiger partial charge in [0.15, 0.2) is 11.6 Å². The summed E-state index contributed by atoms with van der Waals surface area (Å²) in [6.45, 7) is 9.57. The SMILES string of the molecule is CC(Oc1cc(-c2cnn(C3CCN(CCCCCCCCN4CC(CNc5cccc6c5CN(C5CCC(=O)NC5=O)C6=O)C4)CC3)c2)cnc1N)c1c(Cl)ccc(F)c1Cl. The number of halogens is 3. The monoisotopic (exact) mass is 887 g/mol. The molecule has 0 radical (unpaired) electrons. The third-order valence-corrected chi connectivity index (χ3v) is 13.6. The van der Waals surface area contributed by atoms with Crippen LogP contribution in [-0.2, 0) is 16.1 Å². The smallest absolute Gasteiger partial charge is 0.255 e. The van der Waals surface area contributed by atoms with Crippen LogP contribution in [0.25, 0.3) is 11.1 Å². The number of amides is 3. The topological polar surface area (TPSA) is 151 Å². The van der Waals surface area contributed by atoms with Gasteiger partial charge in [-0.3, -0.25) is 24.4 Å². The van der Waals surface area contributed by atoms with Gasteiger partial charge in [0.1, 0.15) is 18.0 Å². The molecule has 2 aromatic carbocycles. The van der Waals surface area contributed by atoms with Gasteiger partial charge in [0.25, 0.3) is 5.91 Å². The molecule has 4 aliphatic heterocycles. The van der Waals surface area contributed by atoms with Gasteiger partial charge in [-0.25, -0.2) is 9.37 Å². The van der Waals surface area contributed by atoms with Crippen molar-refractivity contribution in [3.05, 3.63) is 87.5 Å². The molecule has 13 nitrogen and oxygen atoms in total.